The molecule has 3 rings (SSSR count). The summed E-state index contributed by atoms with van der Waals surface area (Å²) in [6.07, 6.45) is 3.06. The van der Waals surface area contributed by atoms with Gasteiger partial charge in [0.05, 0.1) is 0 Å². The number of carbonyl (C=O) groups excluding carboxylic acids is 1. The highest BCUT2D eigenvalue weighted by atomic mass is 127. The quantitative estimate of drug-likeness (QED) is 0.580. The summed E-state index contributed by atoms with van der Waals surface area (Å²) < 4.78 is 5.51. The van der Waals surface area contributed by atoms with Crippen molar-refractivity contribution in [1.29, 1.82) is 0 Å². The third kappa shape index (κ3) is 3.32. The Hall–Kier alpha value is -0.530. The first-order valence-corrected chi connectivity index (χ1v) is 7.52. The van der Waals surface area contributed by atoms with Gasteiger partial charge in [-0.05, 0) is 51.9 Å². The second-order valence-electron chi connectivity index (χ2n) is 6.92. The lowest BCUT2D eigenvalue weighted by Crippen LogP contribution is -2.65. The number of hydrogen-bond acceptors (Lipinski definition) is 3. The second-order valence-corrected chi connectivity index (χ2v) is 9.21. The van der Waals surface area contributed by atoms with Crippen molar-refractivity contribution in [3.8, 4) is 0 Å². The van der Waals surface area contributed by atoms with Gasteiger partial charge < -0.3 is 15.2 Å². The number of nitrogens with one attached hydrogen (secondary N) is 1. The van der Waals surface area contributed by atoms with E-state index in [1.54, 1.807) is 20.8 Å². The molecule has 0 heterocycles. The van der Waals surface area contributed by atoms with Gasteiger partial charge in [0.25, 0.3) is 0 Å². The molecule has 0 aromatic heterocycles. The number of aliphatic carboxylic acids is 1. The Labute approximate surface area is 126 Å². The molecule has 1 amide bonds. The number of ether oxygens (including phenoxy) is 1. The molecule has 0 aromatic rings. The fourth-order valence-corrected chi connectivity index (χ4v) is 5.59. The normalized spacial score (nSPS) is 33.7. The van der Waals surface area contributed by atoms with Crippen LogP contribution in [0.3, 0.4) is 0 Å². The van der Waals surface area contributed by atoms with E-state index in [0.29, 0.717) is 9.84 Å². The van der Waals surface area contributed by atoms with Crippen molar-refractivity contribution in [3.05, 3.63) is 0 Å². The molecule has 0 unspecified atom stereocenters. The fraction of sp³-hybridized carbons (Fsp3) is 0.846. The van der Waals surface area contributed by atoms with Crippen molar-refractivity contribution in [1.82, 2.24) is 5.32 Å². The Balaban J connectivity index is 1.87. The molecule has 0 saturated heterocycles. The molecule has 3 saturated carbocycles. The highest BCUT2D eigenvalue weighted by Crippen LogP contribution is 2.73. The van der Waals surface area contributed by atoms with Crippen LogP contribution in [-0.2, 0) is 9.53 Å². The van der Waals surface area contributed by atoms with Crippen LogP contribution in [0.25, 0.3) is 0 Å². The van der Waals surface area contributed by atoms with Crippen LogP contribution in [0.2, 0.25) is 0 Å². The average molecular weight is 381 g/mol. The van der Waals surface area contributed by atoms with E-state index in [2.05, 4.69) is 27.9 Å². The molecule has 0 spiro atoms. The Bertz CT molecular complexity index is 396. The first-order valence-electron chi connectivity index (χ1n) is 6.44. The maximum Gasteiger partial charge on any atom is 0.408 e. The van der Waals surface area contributed by atoms with Crippen LogP contribution >= 0.6 is 22.6 Å². The minimum Gasteiger partial charge on any atom is -0.480 e. The Morgan fingerprint density at radius 2 is 1.89 bits per heavy atom. The zero-order valence-electron chi connectivity index (χ0n) is 11.5. The standard InChI is InChI=1S/C13H20INO4/c1-11(2,3)19-10(18)15-8(9(16)17)4-12-5-13(14,6-12)7-12/h8H,4-7H2,1-3H3,(H,15,18)(H,16,17)/t8-,12?,13?/m1/s1. The lowest BCUT2D eigenvalue weighted by atomic mass is 9.42. The fourth-order valence-electron chi connectivity index (χ4n) is 3.16. The van der Waals surface area contributed by atoms with Crippen LogP contribution in [0.1, 0.15) is 46.5 Å². The van der Waals surface area contributed by atoms with Crippen molar-refractivity contribution in [3.63, 3.8) is 0 Å². The summed E-state index contributed by atoms with van der Waals surface area (Å²) in [6, 6.07) is -0.851. The Morgan fingerprint density at radius 1 is 1.37 bits per heavy atom. The van der Waals surface area contributed by atoms with Gasteiger partial charge in [-0.25, -0.2) is 9.59 Å². The minimum absolute atomic E-state index is 0.138. The van der Waals surface area contributed by atoms with Crippen molar-refractivity contribution in [2.24, 2.45) is 5.41 Å². The largest absolute Gasteiger partial charge is 0.480 e. The van der Waals surface area contributed by atoms with E-state index in [0.717, 1.165) is 19.3 Å². The molecule has 0 aliphatic heterocycles. The number of amides is 1. The van der Waals surface area contributed by atoms with Crippen LogP contribution in [0.5, 0.6) is 0 Å². The highest BCUT2D eigenvalue weighted by Gasteiger charge is 2.66. The number of hydrogen-bond donors (Lipinski definition) is 2. The first kappa shape index (κ1) is 14.9. The van der Waals surface area contributed by atoms with Crippen molar-refractivity contribution in [2.45, 2.75) is 61.5 Å². The SMILES string of the molecule is CC(C)(C)OC(=O)N[C@H](CC12CC(I)(C1)C2)C(=O)O. The van der Waals surface area contributed by atoms with E-state index in [4.69, 9.17) is 4.74 Å². The summed E-state index contributed by atoms with van der Waals surface area (Å²) in [4.78, 5) is 22.9. The topological polar surface area (TPSA) is 75.6 Å². The highest BCUT2D eigenvalue weighted by molar-refractivity contribution is 14.1. The van der Waals surface area contributed by atoms with E-state index in [1.807, 2.05) is 0 Å². The number of alkyl halides is 1. The molecule has 6 heteroatoms. The monoisotopic (exact) mass is 381 g/mol. The number of carbonyl (C=O) groups is 2. The number of alkyl carbamates (subject to hydrolysis) is 1. The van der Waals surface area contributed by atoms with Gasteiger partial charge in [0.15, 0.2) is 0 Å². The maximum absolute atomic E-state index is 11.6. The summed E-state index contributed by atoms with van der Waals surface area (Å²) in [5, 5.41) is 11.7. The van der Waals surface area contributed by atoms with Gasteiger partial charge in [0.2, 0.25) is 0 Å². The van der Waals surface area contributed by atoms with Crippen molar-refractivity contribution >= 4 is 34.7 Å². The molecule has 0 radical (unpaired) electrons. The molecule has 3 aliphatic carbocycles. The molecule has 19 heavy (non-hydrogen) atoms. The van der Waals surface area contributed by atoms with Crippen LogP contribution in [0.15, 0.2) is 0 Å². The van der Waals surface area contributed by atoms with Crippen LogP contribution in [-0.4, -0.2) is 32.2 Å². The molecular weight excluding hydrogens is 361 g/mol. The summed E-state index contributed by atoms with van der Waals surface area (Å²) in [6.45, 7) is 5.26. The molecule has 5 nitrogen and oxygen atoms in total. The smallest absolute Gasteiger partial charge is 0.408 e. The summed E-state index contributed by atoms with van der Waals surface area (Å²) in [7, 11) is 0. The average Bonchev–Trinajstić information content (AvgIpc) is 2.08. The number of halogens is 1. The summed E-state index contributed by atoms with van der Waals surface area (Å²) in [5.74, 6) is -0.988. The molecule has 2 N–H and O–H groups in total. The number of rotatable bonds is 4. The molecular formula is C13H20INO4. The number of carboxylic acid groups (broad SMARTS) is 1. The van der Waals surface area contributed by atoms with E-state index in [-0.39, 0.29) is 5.41 Å². The van der Waals surface area contributed by atoms with Gasteiger partial charge in [-0.3, -0.25) is 0 Å². The third-order valence-corrected chi connectivity index (χ3v) is 4.85. The summed E-state index contributed by atoms with van der Waals surface area (Å²) in [5.41, 5.74) is -0.477. The van der Waals surface area contributed by atoms with Gasteiger partial charge in [0, 0.05) is 3.42 Å². The van der Waals surface area contributed by atoms with Gasteiger partial charge in [-0.1, -0.05) is 22.6 Å². The molecule has 3 aliphatic rings. The predicted molar refractivity (Wildman–Crippen MR) is 78.4 cm³/mol. The number of carboxylic acids is 1. The summed E-state index contributed by atoms with van der Waals surface area (Å²) >= 11 is 2.45. The lowest BCUT2D eigenvalue weighted by molar-refractivity contribution is -0.144. The van der Waals surface area contributed by atoms with Crippen LogP contribution in [0.4, 0.5) is 4.79 Å². The van der Waals surface area contributed by atoms with Gasteiger partial charge in [0.1, 0.15) is 11.6 Å². The molecule has 3 fully saturated rings. The van der Waals surface area contributed by atoms with Gasteiger partial charge in [-0.15, -0.1) is 0 Å². The second kappa shape index (κ2) is 4.49. The molecule has 108 valence electrons. The van der Waals surface area contributed by atoms with Crippen LogP contribution < -0.4 is 5.32 Å². The zero-order valence-corrected chi connectivity index (χ0v) is 13.6. The van der Waals surface area contributed by atoms with Crippen molar-refractivity contribution < 1.29 is 19.4 Å². The third-order valence-electron chi connectivity index (χ3n) is 3.70. The maximum atomic E-state index is 11.6. The van der Waals surface area contributed by atoms with Gasteiger partial charge in [-0.2, -0.15) is 0 Å². The Morgan fingerprint density at radius 3 is 2.26 bits per heavy atom. The molecule has 1 atom stereocenters. The van der Waals surface area contributed by atoms with E-state index >= 15 is 0 Å². The van der Waals surface area contributed by atoms with Crippen LogP contribution in [0, 0.1) is 5.41 Å². The molecule has 0 aromatic carbocycles. The minimum atomic E-state index is -0.988. The lowest BCUT2D eigenvalue weighted by Gasteiger charge is -2.69. The zero-order chi connectivity index (χ0) is 14.5. The van der Waals surface area contributed by atoms with E-state index < -0.39 is 23.7 Å². The van der Waals surface area contributed by atoms with E-state index in [1.165, 1.54) is 0 Å². The van der Waals surface area contributed by atoms with Crippen molar-refractivity contribution in [2.75, 3.05) is 0 Å². The van der Waals surface area contributed by atoms with E-state index in [9.17, 15) is 14.7 Å². The first-order chi connectivity index (χ1) is 8.53. The van der Waals surface area contributed by atoms with Gasteiger partial charge >= 0.3 is 12.1 Å². The Kier molecular flexibility index (Phi) is 3.52. The molecule has 2 bridgehead atoms. The predicted octanol–water partition coefficient (Wildman–Crippen LogP) is 2.71.